The third-order valence-corrected chi connectivity index (χ3v) is 4.39. The van der Waals surface area contributed by atoms with Crippen LogP contribution in [0, 0.1) is 17.2 Å². The zero-order valence-electron chi connectivity index (χ0n) is 11.8. The third-order valence-electron chi connectivity index (χ3n) is 4.39. The highest BCUT2D eigenvalue weighted by atomic mass is 15.2. The molecule has 102 valence electrons. The number of nitriles is 1. The van der Waals surface area contributed by atoms with Crippen LogP contribution in [-0.2, 0) is 0 Å². The second-order valence-corrected chi connectivity index (χ2v) is 5.64. The Balaban J connectivity index is 1.97. The standard InChI is InChI=1S/C16H23N3/c1-12(18)15-7-9-19(10-8-15)13(2)16-5-3-14(11-17)4-6-16/h3-6,12-13,15H,7-10,18H2,1-2H3. The maximum absolute atomic E-state index is 8.82. The summed E-state index contributed by atoms with van der Waals surface area (Å²) in [5.41, 5.74) is 8.00. The second kappa shape index (κ2) is 6.18. The van der Waals surface area contributed by atoms with Gasteiger partial charge < -0.3 is 5.73 Å². The number of nitrogens with zero attached hydrogens (tertiary/aromatic N) is 2. The summed E-state index contributed by atoms with van der Waals surface area (Å²) in [6.07, 6.45) is 2.39. The first-order chi connectivity index (χ1) is 9.11. The van der Waals surface area contributed by atoms with E-state index in [9.17, 15) is 0 Å². The molecule has 1 heterocycles. The maximum atomic E-state index is 8.82. The zero-order chi connectivity index (χ0) is 13.8. The van der Waals surface area contributed by atoms with Crippen LogP contribution in [0.2, 0.25) is 0 Å². The van der Waals surface area contributed by atoms with E-state index < -0.39 is 0 Å². The first-order valence-electron chi connectivity index (χ1n) is 7.11. The summed E-state index contributed by atoms with van der Waals surface area (Å²) < 4.78 is 0. The van der Waals surface area contributed by atoms with Crippen LogP contribution in [-0.4, -0.2) is 24.0 Å². The summed E-state index contributed by atoms with van der Waals surface area (Å²) in [6.45, 7) is 6.60. The molecule has 1 aromatic rings. The lowest BCUT2D eigenvalue weighted by Crippen LogP contribution is -2.40. The molecule has 0 amide bonds. The molecule has 1 aliphatic heterocycles. The van der Waals surface area contributed by atoms with Gasteiger partial charge in [-0.3, -0.25) is 4.90 Å². The van der Waals surface area contributed by atoms with Gasteiger partial charge in [-0.1, -0.05) is 12.1 Å². The topological polar surface area (TPSA) is 53.0 Å². The number of likely N-dealkylation sites (tertiary alicyclic amines) is 1. The minimum Gasteiger partial charge on any atom is -0.328 e. The van der Waals surface area contributed by atoms with E-state index >= 15 is 0 Å². The molecule has 0 aromatic heterocycles. The monoisotopic (exact) mass is 257 g/mol. The van der Waals surface area contributed by atoms with Gasteiger partial charge in [-0.15, -0.1) is 0 Å². The Bertz CT molecular complexity index is 436. The lowest BCUT2D eigenvalue weighted by Gasteiger charge is -2.37. The molecule has 3 nitrogen and oxygen atoms in total. The average molecular weight is 257 g/mol. The Morgan fingerprint density at radius 3 is 2.26 bits per heavy atom. The number of benzene rings is 1. The average Bonchev–Trinajstić information content (AvgIpc) is 2.46. The highest BCUT2D eigenvalue weighted by Gasteiger charge is 2.25. The SMILES string of the molecule is CC(N)C1CCN(C(C)c2ccc(C#N)cc2)CC1. The lowest BCUT2D eigenvalue weighted by atomic mass is 9.89. The molecule has 19 heavy (non-hydrogen) atoms. The quantitative estimate of drug-likeness (QED) is 0.905. The van der Waals surface area contributed by atoms with E-state index in [1.807, 2.05) is 12.1 Å². The van der Waals surface area contributed by atoms with Gasteiger partial charge in [0.05, 0.1) is 11.6 Å². The number of rotatable bonds is 3. The van der Waals surface area contributed by atoms with Gasteiger partial charge >= 0.3 is 0 Å². The summed E-state index contributed by atoms with van der Waals surface area (Å²) in [4.78, 5) is 2.51. The van der Waals surface area contributed by atoms with Gasteiger partial charge in [0.15, 0.2) is 0 Å². The van der Waals surface area contributed by atoms with Crippen LogP contribution in [0.4, 0.5) is 0 Å². The minimum absolute atomic E-state index is 0.312. The molecule has 0 aliphatic carbocycles. The van der Waals surface area contributed by atoms with Crippen LogP contribution in [0.15, 0.2) is 24.3 Å². The van der Waals surface area contributed by atoms with E-state index in [-0.39, 0.29) is 0 Å². The van der Waals surface area contributed by atoms with Crippen molar-refractivity contribution in [3.8, 4) is 6.07 Å². The van der Waals surface area contributed by atoms with Crippen molar-refractivity contribution >= 4 is 0 Å². The fourth-order valence-corrected chi connectivity index (χ4v) is 2.88. The Morgan fingerprint density at radius 1 is 1.21 bits per heavy atom. The van der Waals surface area contributed by atoms with Gasteiger partial charge in [0.1, 0.15) is 0 Å². The first-order valence-corrected chi connectivity index (χ1v) is 7.11. The Morgan fingerprint density at radius 2 is 1.79 bits per heavy atom. The van der Waals surface area contributed by atoms with Crippen LogP contribution >= 0.6 is 0 Å². The highest BCUT2D eigenvalue weighted by molar-refractivity contribution is 5.32. The van der Waals surface area contributed by atoms with E-state index in [1.54, 1.807) is 0 Å². The number of nitrogens with two attached hydrogens (primary N) is 1. The van der Waals surface area contributed by atoms with Gasteiger partial charge in [-0.25, -0.2) is 0 Å². The summed E-state index contributed by atoms with van der Waals surface area (Å²) in [7, 11) is 0. The van der Waals surface area contributed by atoms with Crippen LogP contribution in [0.1, 0.15) is 43.9 Å². The van der Waals surface area contributed by atoms with Crippen molar-refractivity contribution in [1.29, 1.82) is 5.26 Å². The van der Waals surface area contributed by atoms with Crippen molar-refractivity contribution in [2.24, 2.45) is 11.7 Å². The van der Waals surface area contributed by atoms with Crippen LogP contribution in [0.3, 0.4) is 0 Å². The molecule has 0 spiro atoms. The first kappa shape index (κ1) is 14.0. The van der Waals surface area contributed by atoms with Crippen LogP contribution < -0.4 is 5.73 Å². The van der Waals surface area contributed by atoms with Crippen molar-refractivity contribution in [3.05, 3.63) is 35.4 Å². The number of hydrogen-bond donors (Lipinski definition) is 1. The van der Waals surface area contributed by atoms with Crippen molar-refractivity contribution in [1.82, 2.24) is 4.90 Å². The molecule has 0 saturated carbocycles. The van der Waals surface area contributed by atoms with E-state index in [4.69, 9.17) is 11.0 Å². The highest BCUT2D eigenvalue weighted by Crippen LogP contribution is 2.27. The van der Waals surface area contributed by atoms with Crippen molar-refractivity contribution < 1.29 is 0 Å². The largest absolute Gasteiger partial charge is 0.328 e. The summed E-state index contributed by atoms with van der Waals surface area (Å²) in [5, 5.41) is 8.82. The van der Waals surface area contributed by atoms with Crippen molar-refractivity contribution in [2.75, 3.05) is 13.1 Å². The van der Waals surface area contributed by atoms with E-state index in [1.165, 1.54) is 18.4 Å². The molecule has 2 unspecified atom stereocenters. The predicted octanol–water partition coefficient (Wildman–Crippen LogP) is 2.68. The van der Waals surface area contributed by atoms with E-state index in [0.717, 1.165) is 18.7 Å². The lowest BCUT2D eigenvalue weighted by molar-refractivity contribution is 0.132. The molecular weight excluding hydrogens is 234 g/mol. The van der Waals surface area contributed by atoms with Gasteiger partial charge in [-0.2, -0.15) is 5.26 Å². The number of hydrogen-bond acceptors (Lipinski definition) is 3. The van der Waals surface area contributed by atoms with Crippen molar-refractivity contribution in [2.45, 2.75) is 38.8 Å². The van der Waals surface area contributed by atoms with Crippen LogP contribution in [0.25, 0.3) is 0 Å². The van der Waals surface area contributed by atoms with Gasteiger partial charge in [0.2, 0.25) is 0 Å². The van der Waals surface area contributed by atoms with Gasteiger partial charge in [-0.05, 0) is 63.4 Å². The molecule has 0 radical (unpaired) electrons. The van der Waals surface area contributed by atoms with Gasteiger partial charge in [0, 0.05) is 12.1 Å². The Labute approximate surface area is 116 Å². The molecular formula is C16H23N3. The summed E-state index contributed by atoms with van der Waals surface area (Å²) >= 11 is 0. The molecule has 0 bridgehead atoms. The molecule has 3 heteroatoms. The molecule has 1 aliphatic rings. The second-order valence-electron chi connectivity index (χ2n) is 5.64. The minimum atomic E-state index is 0.312. The Kier molecular flexibility index (Phi) is 4.57. The summed E-state index contributed by atoms with van der Waals surface area (Å²) in [6, 6.07) is 10.8. The van der Waals surface area contributed by atoms with Gasteiger partial charge in [0.25, 0.3) is 0 Å². The normalized spacial score (nSPS) is 20.7. The van der Waals surface area contributed by atoms with E-state index in [0.29, 0.717) is 18.0 Å². The molecule has 2 atom stereocenters. The fourth-order valence-electron chi connectivity index (χ4n) is 2.88. The maximum Gasteiger partial charge on any atom is 0.0991 e. The smallest absolute Gasteiger partial charge is 0.0991 e. The third kappa shape index (κ3) is 3.34. The number of piperidine rings is 1. The van der Waals surface area contributed by atoms with Crippen molar-refractivity contribution in [3.63, 3.8) is 0 Å². The zero-order valence-corrected chi connectivity index (χ0v) is 11.8. The van der Waals surface area contributed by atoms with E-state index in [2.05, 4.69) is 36.9 Å². The fraction of sp³-hybridized carbons (Fsp3) is 0.562. The summed E-state index contributed by atoms with van der Waals surface area (Å²) in [5.74, 6) is 0.671. The molecule has 1 fully saturated rings. The molecule has 1 saturated heterocycles. The molecule has 1 aromatic carbocycles. The van der Waals surface area contributed by atoms with Crippen LogP contribution in [0.5, 0.6) is 0 Å². The molecule has 2 N–H and O–H groups in total. The Hall–Kier alpha value is -1.37. The molecule has 2 rings (SSSR count). The predicted molar refractivity (Wildman–Crippen MR) is 77.5 cm³/mol.